The molecule has 0 spiro atoms. The molecule has 2 aromatic rings. The van der Waals surface area contributed by atoms with E-state index in [1.165, 1.54) is 11.8 Å². The van der Waals surface area contributed by atoms with Crippen LogP contribution in [0.4, 0.5) is 0 Å². The molecule has 0 aliphatic heterocycles. The lowest BCUT2D eigenvalue weighted by Crippen LogP contribution is -2.21. The van der Waals surface area contributed by atoms with Crippen molar-refractivity contribution < 1.29 is 0 Å². The summed E-state index contributed by atoms with van der Waals surface area (Å²) in [4.78, 5) is 16.3. The number of hydrogen-bond donors (Lipinski definition) is 0. The Morgan fingerprint density at radius 1 is 1.25 bits per heavy atom. The zero-order chi connectivity index (χ0) is 11.5. The van der Waals surface area contributed by atoms with Crippen molar-refractivity contribution in [2.24, 2.45) is 7.05 Å². The minimum Gasteiger partial charge on any atom is -0.303 e. The second kappa shape index (κ2) is 4.53. The van der Waals surface area contributed by atoms with Crippen molar-refractivity contribution in [3.63, 3.8) is 0 Å². The van der Waals surface area contributed by atoms with E-state index in [0.717, 1.165) is 10.6 Å². The average Bonchev–Trinajstić information content (AvgIpc) is 2.34. The number of aromatic nitrogens is 2. The Hall–Kier alpha value is -1.55. The monoisotopic (exact) mass is 232 g/mol. The van der Waals surface area contributed by atoms with Crippen LogP contribution in [0.5, 0.6) is 0 Å². The van der Waals surface area contributed by atoms with Crippen LogP contribution in [-0.4, -0.2) is 15.8 Å². The number of benzene rings is 1. The molecule has 2 rings (SSSR count). The standard InChI is InChI=1S/C12H12N2OS/c1-14-10(16-2)8-13-11(12(14)15)9-6-4-3-5-7-9/h3-8H,1-2H3. The van der Waals surface area contributed by atoms with Crippen LogP contribution in [0.3, 0.4) is 0 Å². The molecule has 0 saturated carbocycles. The normalized spacial score (nSPS) is 10.4. The highest BCUT2D eigenvalue weighted by atomic mass is 32.2. The predicted octanol–water partition coefficient (Wildman–Crippen LogP) is 2.17. The molecular weight excluding hydrogens is 220 g/mol. The summed E-state index contributed by atoms with van der Waals surface area (Å²) in [6.07, 6.45) is 3.66. The highest BCUT2D eigenvalue weighted by Gasteiger charge is 2.08. The molecule has 0 saturated heterocycles. The van der Waals surface area contributed by atoms with Gasteiger partial charge < -0.3 is 4.57 Å². The van der Waals surface area contributed by atoms with Crippen LogP contribution in [0.25, 0.3) is 11.3 Å². The molecule has 0 amide bonds. The highest BCUT2D eigenvalue weighted by molar-refractivity contribution is 7.98. The molecule has 4 heteroatoms. The molecule has 0 aliphatic rings. The fraction of sp³-hybridized carbons (Fsp3) is 0.167. The topological polar surface area (TPSA) is 34.9 Å². The first kappa shape index (κ1) is 11.0. The van der Waals surface area contributed by atoms with Gasteiger partial charge in [-0.25, -0.2) is 4.98 Å². The van der Waals surface area contributed by atoms with E-state index < -0.39 is 0 Å². The molecule has 1 aromatic carbocycles. The number of nitrogens with zero attached hydrogens (tertiary/aromatic N) is 2. The van der Waals surface area contributed by atoms with Gasteiger partial charge in [-0.15, -0.1) is 11.8 Å². The summed E-state index contributed by atoms with van der Waals surface area (Å²) in [5, 5.41) is 0.865. The van der Waals surface area contributed by atoms with Crippen molar-refractivity contribution >= 4 is 11.8 Å². The minimum absolute atomic E-state index is 0.0574. The SMILES string of the molecule is CSc1cnc(-c2ccccc2)c(=O)n1C. The number of rotatable bonds is 2. The van der Waals surface area contributed by atoms with Crippen molar-refractivity contribution in [2.75, 3.05) is 6.26 Å². The Morgan fingerprint density at radius 3 is 2.56 bits per heavy atom. The largest absolute Gasteiger partial charge is 0.303 e. The predicted molar refractivity (Wildman–Crippen MR) is 66.7 cm³/mol. The van der Waals surface area contributed by atoms with E-state index in [9.17, 15) is 4.79 Å². The molecule has 0 radical (unpaired) electrons. The molecule has 0 aliphatic carbocycles. The number of hydrogen-bond acceptors (Lipinski definition) is 3. The molecule has 0 N–H and O–H groups in total. The van der Waals surface area contributed by atoms with Crippen LogP contribution >= 0.6 is 11.8 Å². The van der Waals surface area contributed by atoms with Gasteiger partial charge in [0.1, 0.15) is 5.69 Å². The molecule has 0 atom stereocenters. The van der Waals surface area contributed by atoms with Crippen LogP contribution in [-0.2, 0) is 7.05 Å². The highest BCUT2D eigenvalue weighted by Crippen LogP contribution is 2.15. The van der Waals surface area contributed by atoms with Crippen molar-refractivity contribution in [1.29, 1.82) is 0 Å². The van der Waals surface area contributed by atoms with Crippen LogP contribution in [0.15, 0.2) is 46.3 Å². The maximum absolute atomic E-state index is 12.0. The third kappa shape index (κ3) is 1.88. The third-order valence-electron chi connectivity index (χ3n) is 2.40. The average molecular weight is 232 g/mol. The third-order valence-corrected chi connectivity index (χ3v) is 3.20. The first-order valence-electron chi connectivity index (χ1n) is 4.89. The number of thioether (sulfide) groups is 1. The van der Waals surface area contributed by atoms with Gasteiger partial charge in [-0.3, -0.25) is 4.79 Å². The van der Waals surface area contributed by atoms with Gasteiger partial charge in [-0.2, -0.15) is 0 Å². The molecule has 1 heterocycles. The van der Waals surface area contributed by atoms with Gasteiger partial charge in [0.05, 0.1) is 11.2 Å². The van der Waals surface area contributed by atoms with Gasteiger partial charge in [-0.05, 0) is 6.26 Å². The van der Waals surface area contributed by atoms with E-state index in [4.69, 9.17) is 0 Å². The smallest absolute Gasteiger partial charge is 0.277 e. The second-order valence-electron chi connectivity index (χ2n) is 3.38. The fourth-order valence-corrected chi connectivity index (χ4v) is 2.02. The maximum Gasteiger partial charge on any atom is 0.277 e. The van der Waals surface area contributed by atoms with Crippen molar-refractivity contribution in [3.8, 4) is 11.3 Å². The van der Waals surface area contributed by atoms with Gasteiger partial charge in [0.2, 0.25) is 0 Å². The van der Waals surface area contributed by atoms with Gasteiger partial charge >= 0.3 is 0 Å². The summed E-state index contributed by atoms with van der Waals surface area (Å²) in [7, 11) is 1.77. The molecule has 0 fully saturated rings. The molecule has 3 nitrogen and oxygen atoms in total. The van der Waals surface area contributed by atoms with E-state index >= 15 is 0 Å². The minimum atomic E-state index is -0.0574. The molecule has 1 aromatic heterocycles. The molecule has 0 unspecified atom stereocenters. The summed E-state index contributed by atoms with van der Waals surface area (Å²) in [5.74, 6) is 0. The summed E-state index contributed by atoms with van der Waals surface area (Å²) >= 11 is 1.51. The Morgan fingerprint density at radius 2 is 1.94 bits per heavy atom. The molecule has 82 valence electrons. The molecular formula is C12H12N2OS. The van der Waals surface area contributed by atoms with E-state index in [2.05, 4.69) is 4.98 Å². The lowest BCUT2D eigenvalue weighted by Gasteiger charge is -2.06. The summed E-state index contributed by atoms with van der Waals surface area (Å²) in [5.41, 5.74) is 1.30. The Balaban J connectivity index is 2.61. The van der Waals surface area contributed by atoms with Crippen molar-refractivity contribution in [1.82, 2.24) is 9.55 Å². The fourth-order valence-electron chi connectivity index (χ4n) is 1.50. The zero-order valence-electron chi connectivity index (χ0n) is 9.18. The first-order valence-corrected chi connectivity index (χ1v) is 6.12. The lowest BCUT2D eigenvalue weighted by molar-refractivity contribution is 0.750. The molecule has 16 heavy (non-hydrogen) atoms. The molecule has 0 bridgehead atoms. The van der Waals surface area contributed by atoms with Crippen molar-refractivity contribution in [3.05, 3.63) is 46.9 Å². The van der Waals surface area contributed by atoms with Gasteiger partial charge in [0.25, 0.3) is 5.56 Å². The van der Waals surface area contributed by atoms with E-state index in [1.807, 2.05) is 36.6 Å². The van der Waals surface area contributed by atoms with E-state index in [1.54, 1.807) is 17.8 Å². The van der Waals surface area contributed by atoms with Crippen LogP contribution in [0.1, 0.15) is 0 Å². The first-order chi connectivity index (χ1) is 7.74. The summed E-state index contributed by atoms with van der Waals surface area (Å²) in [6, 6.07) is 9.51. The van der Waals surface area contributed by atoms with Crippen LogP contribution in [0, 0.1) is 0 Å². The Bertz CT molecular complexity index is 549. The van der Waals surface area contributed by atoms with Crippen LogP contribution in [0.2, 0.25) is 0 Å². The van der Waals surface area contributed by atoms with Crippen LogP contribution < -0.4 is 5.56 Å². The van der Waals surface area contributed by atoms with Gasteiger partial charge in [-0.1, -0.05) is 30.3 Å². The van der Waals surface area contributed by atoms with E-state index in [-0.39, 0.29) is 5.56 Å². The quantitative estimate of drug-likeness (QED) is 0.744. The van der Waals surface area contributed by atoms with E-state index in [0.29, 0.717) is 5.69 Å². The van der Waals surface area contributed by atoms with Gasteiger partial charge in [0.15, 0.2) is 0 Å². The lowest BCUT2D eigenvalue weighted by atomic mass is 10.2. The Labute approximate surface area is 98.2 Å². The van der Waals surface area contributed by atoms with Gasteiger partial charge in [0, 0.05) is 12.6 Å². The Kier molecular flexibility index (Phi) is 3.10. The second-order valence-corrected chi connectivity index (χ2v) is 4.21. The summed E-state index contributed by atoms with van der Waals surface area (Å²) < 4.78 is 1.62. The maximum atomic E-state index is 12.0. The summed E-state index contributed by atoms with van der Waals surface area (Å²) in [6.45, 7) is 0. The van der Waals surface area contributed by atoms with Crippen molar-refractivity contribution in [2.45, 2.75) is 5.03 Å². The zero-order valence-corrected chi connectivity index (χ0v) is 9.99.